The third kappa shape index (κ3) is 11.0. The van der Waals surface area contributed by atoms with Crippen molar-refractivity contribution in [1.82, 2.24) is 0 Å². The minimum absolute atomic E-state index is 0.0578. The van der Waals surface area contributed by atoms with Gasteiger partial charge in [0, 0.05) is 11.1 Å². The Balaban J connectivity index is 1.44. The van der Waals surface area contributed by atoms with Crippen molar-refractivity contribution in [2.24, 2.45) is 0 Å². The first kappa shape index (κ1) is 34.1. The molecule has 0 aliphatic heterocycles. The zero-order valence-corrected chi connectivity index (χ0v) is 24.5. The lowest BCUT2D eigenvalue weighted by atomic mass is 10.2. The molecule has 0 heterocycles. The van der Waals surface area contributed by atoms with E-state index in [0.29, 0.717) is 0 Å². The van der Waals surface area contributed by atoms with E-state index in [1.54, 1.807) is 0 Å². The molecule has 0 amide bonds. The fourth-order valence-corrected chi connectivity index (χ4v) is 2.99. The number of carbonyl (C=O) groups excluding carboxylic acids is 6. The molecular weight excluding hydrogens is 608 g/mol. The lowest BCUT2D eigenvalue weighted by Gasteiger charge is -2.09. The fraction of sp³-hybridized carbons (Fsp3) is 0.125. The van der Waals surface area contributed by atoms with Crippen LogP contribution in [0.25, 0.3) is 0 Å². The molecular formula is C32H26O14. The average molecular weight is 635 g/mol. The third-order valence-electron chi connectivity index (χ3n) is 5.26. The molecule has 0 unspecified atom stereocenters. The van der Waals surface area contributed by atoms with Crippen LogP contribution >= 0.6 is 0 Å². The van der Waals surface area contributed by atoms with Gasteiger partial charge in [-0.3, -0.25) is 0 Å². The van der Waals surface area contributed by atoms with E-state index in [4.69, 9.17) is 18.9 Å². The molecule has 0 N–H and O–H groups in total. The lowest BCUT2D eigenvalue weighted by Crippen LogP contribution is -2.16. The van der Waals surface area contributed by atoms with Crippen LogP contribution in [-0.2, 0) is 28.5 Å². The monoisotopic (exact) mass is 634 g/mol. The van der Waals surface area contributed by atoms with Gasteiger partial charge in [-0.15, -0.1) is 0 Å². The van der Waals surface area contributed by atoms with Crippen LogP contribution in [0.3, 0.4) is 0 Å². The quantitative estimate of drug-likeness (QED) is 0.0823. The maximum Gasteiger partial charge on any atom is 0.516 e. The Morgan fingerprint density at radius 2 is 0.739 bits per heavy atom. The SMILES string of the molecule is C=C(C)C(=O)OCOC(=O)Oc1ccc(C(=O)Oc2ccc(OC(=O)c3ccc(OC(=O)OCOC(=O)C(=C)C)cc3)cc2)cc1. The number of rotatable bonds is 12. The molecule has 14 heteroatoms. The molecule has 3 aromatic rings. The van der Waals surface area contributed by atoms with Crippen LogP contribution in [0.5, 0.6) is 23.0 Å². The molecule has 0 saturated carbocycles. The first-order valence-corrected chi connectivity index (χ1v) is 13.0. The van der Waals surface area contributed by atoms with Gasteiger partial charge >= 0.3 is 36.2 Å². The van der Waals surface area contributed by atoms with Crippen LogP contribution in [0.1, 0.15) is 34.6 Å². The van der Waals surface area contributed by atoms with Crippen LogP contribution < -0.4 is 18.9 Å². The Morgan fingerprint density at radius 3 is 1.04 bits per heavy atom. The molecule has 46 heavy (non-hydrogen) atoms. The van der Waals surface area contributed by atoms with Gasteiger partial charge in [0.05, 0.1) is 11.1 Å². The summed E-state index contributed by atoms with van der Waals surface area (Å²) in [6.07, 6.45) is -2.26. The second-order valence-corrected chi connectivity index (χ2v) is 8.95. The Labute approximate surface area is 261 Å². The second-order valence-electron chi connectivity index (χ2n) is 8.95. The summed E-state index contributed by atoms with van der Waals surface area (Å²) in [5.74, 6) is -2.47. The van der Waals surface area contributed by atoms with Crippen LogP contribution in [-0.4, -0.2) is 49.8 Å². The smallest absolute Gasteiger partial charge is 0.424 e. The van der Waals surface area contributed by atoms with Crippen LogP contribution in [0.15, 0.2) is 97.1 Å². The van der Waals surface area contributed by atoms with E-state index in [0.717, 1.165) is 0 Å². The summed E-state index contributed by atoms with van der Waals surface area (Å²) in [7, 11) is 0. The molecule has 3 rings (SSSR count). The standard InChI is InChI=1S/C32H26O14/c1-19(2)27(33)39-17-41-31(37)45-25-9-5-21(6-10-25)29(35)43-23-13-15-24(16-14-23)44-30(36)22-7-11-26(12-8-22)46-32(38)42-18-40-28(34)20(3)4/h5-16H,1,3,17-18H2,2,4H3. The van der Waals surface area contributed by atoms with E-state index in [1.165, 1.54) is 86.6 Å². The van der Waals surface area contributed by atoms with E-state index >= 15 is 0 Å². The van der Waals surface area contributed by atoms with Crippen LogP contribution in [0, 0.1) is 0 Å². The van der Waals surface area contributed by atoms with Gasteiger partial charge < -0.3 is 37.9 Å². The highest BCUT2D eigenvalue weighted by Gasteiger charge is 2.14. The minimum Gasteiger partial charge on any atom is -0.424 e. The van der Waals surface area contributed by atoms with Crippen LogP contribution in [0.4, 0.5) is 9.59 Å². The van der Waals surface area contributed by atoms with E-state index in [-0.39, 0.29) is 45.3 Å². The number of hydrogen-bond donors (Lipinski definition) is 0. The predicted octanol–water partition coefficient (Wildman–Crippen LogP) is 5.31. The first-order valence-electron chi connectivity index (χ1n) is 13.0. The van der Waals surface area contributed by atoms with Crippen molar-refractivity contribution in [3.63, 3.8) is 0 Å². The van der Waals surface area contributed by atoms with Gasteiger partial charge in [0.1, 0.15) is 23.0 Å². The number of ether oxygens (including phenoxy) is 8. The topological polar surface area (TPSA) is 176 Å². The van der Waals surface area contributed by atoms with Gasteiger partial charge in [-0.1, -0.05) is 13.2 Å². The number of hydrogen-bond acceptors (Lipinski definition) is 14. The predicted molar refractivity (Wildman–Crippen MR) is 155 cm³/mol. The Hall–Kier alpha value is -6.44. The van der Waals surface area contributed by atoms with Gasteiger partial charge in [-0.05, 0) is 86.6 Å². The highest BCUT2D eigenvalue weighted by Crippen LogP contribution is 2.21. The van der Waals surface area contributed by atoms with Crippen molar-refractivity contribution in [3.05, 3.63) is 108 Å². The highest BCUT2D eigenvalue weighted by atomic mass is 16.8. The molecule has 3 aromatic carbocycles. The number of benzene rings is 3. The van der Waals surface area contributed by atoms with Gasteiger partial charge in [0.2, 0.25) is 13.6 Å². The van der Waals surface area contributed by atoms with E-state index in [9.17, 15) is 28.8 Å². The zero-order valence-electron chi connectivity index (χ0n) is 24.5. The van der Waals surface area contributed by atoms with Gasteiger partial charge in [0.15, 0.2) is 0 Å². The normalized spacial score (nSPS) is 9.96. The molecule has 0 aliphatic carbocycles. The molecule has 0 aromatic heterocycles. The minimum atomic E-state index is -1.13. The van der Waals surface area contributed by atoms with E-state index in [2.05, 4.69) is 32.1 Å². The number of carbonyl (C=O) groups is 6. The molecule has 0 bridgehead atoms. The van der Waals surface area contributed by atoms with Gasteiger partial charge in [-0.25, -0.2) is 28.8 Å². The number of esters is 4. The average Bonchev–Trinajstić information content (AvgIpc) is 3.02. The Bertz CT molecular complexity index is 1500. The Kier molecular flexibility index (Phi) is 12.2. The Morgan fingerprint density at radius 1 is 0.457 bits per heavy atom. The van der Waals surface area contributed by atoms with E-state index in [1.807, 2.05) is 0 Å². The van der Waals surface area contributed by atoms with Crippen molar-refractivity contribution in [2.75, 3.05) is 13.6 Å². The van der Waals surface area contributed by atoms with Gasteiger partial charge in [0.25, 0.3) is 0 Å². The van der Waals surface area contributed by atoms with Gasteiger partial charge in [-0.2, -0.15) is 0 Å². The highest BCUT2D eigenvalue weighted by molar-refractivity contribution is 5.92. The second kappa shape index (κ2) is 16.4. The molecule has 0 radical (unpaired) electrons. The summed E-state index contributed by atoms with van der Waals surface area (Å²) >= 11 is 0. The fourth-order valence-electron chi connectivity index (χ4n) is 2.99. The van der Waals surface area contributed by atoms with Crippen molar-refractivity contribution < 1.29 is 66.7 Å². The first-order chi connectivity index (χ1) is 21.9. The maximum absolute atomic E-state index is 12.5. The molecule has 0 aliphatic rings. The van der Waals surface area contributed by atoms with Crippen molar-refractivity contribution >= 4 is 36.2 Å². The summed E-state index contributed by atoms with van der Waals surface area (Å²) in [4.78, 5) is 70.9. The summed E-state index contributed by atoms with van der Waals surface area (Å²) in [6, 6.07) is 16.3. The van der Waals surface area contributed by atoms with Crippen molar-refractivity contribution in [1.29, 1.82) is 0 Å². The van der Waals surface area contributed by atoms with Crippen molar-refractivity contribution in [2.45, 2.75) is 13.8 Å². The summed E-state index contributed by atoms with van der Waals surface area (Å²) < 4.78 is 38.9. The van der Waals surface area contributed by atoms with Crippen LogP contribution in [0.2, 0.25) is 0 Å². The zero-order chi connectivity index (χ0) is 33.6. The molecule has 0 saturated heterocycles. The maximum atomic E-state index is 12.5. The largest absolute Gasteiger partial charge is 0.516 e. The molecule has 0 fully saturated rings. The molecule has 238 valence electrons. The van der Waals surface area contributed by atoms with Crippen molar-refractivity contribution in [3.8, 4) is 23.0 Å². The van der Waals surface area contributed by atoms with E-state index < -0.39 is 49.8 Å². The summed E-state index contributed by atoms with van der Waals surface area (Å²) in [5.41, 5.74) is 0.547. The summed E-state index contributed by atoms with van der Waals surface area (Å²) in [5, 5.41) is 0. The lowest BCUT2D eigenvalue weighted by molar-refractivity contribution is -0.148. The molecule has 14 nitrogen and oxygen atoms in total. The molecule has 0 spiro atoms. The third-order valence-corrected chi connectivity index (χ3v) is 5.26. The molecule has 0 atom stereocenters. The summed E-state index contributed by atoms with van der Waals surface area (Å²) in [6.45, 7) is 8.33.